The van der Waals surface area contributed by atoms with Crippen molar-refractivity contribution in [3.8, 4) is 0 Å². The van der Waals surface area contributed by atoms with Crippen LogP contribution in [0.15, 0.2) is 23.6 Å². The van der Waals surface area contributed by atoms with E-state index in [1.54, 1.807) is 24.2 Å². The second kappa shape index (κ2) is 7.65. The molecule has 0 amide bonds. The fourth-order valence-electron chi connectivity index (χ4n) is 1.22. The molecular formula is C11H19N3S. The van der Waals surface area contributed by atoms with Crippen LogP contribution in [-0.4, -0.2) is 28.3 Å². The van der Waals surface area contributed by atoms with E-state index in [0.29, 0.717) is 6.04 Å². The summed E-state index contributed by atoms with van der Waals surface area (Å²) in [6.07, 6.45) is 7.61. The van der Waals surface area contributed by atoms with Crippen LogP contribution in [-0.2, 0) is 0 Å². The fraction of sp³-hybridized carbons (Fsp3) is 0.636. The number of nitrogens with zero attached hydrogens (tertiary/aromatic N) is 2. The van der Waals surface area contributed by atoms with Crippen LogP contribution in [0.5, 0.6) is 0 Å². The fourth-order valence-corrected chi connectivity index (χ4v) is 2.21. The Labute approximate surface area is 96.1 Å². The van der Waals surface area contributed by atoms with Crippen molar-refractivity contribution in [2.45, 2.75) is 37.8 Å². The van der Waals surface area contributed by atoms with Crippen molar-refractivity contribution < 1.29 is 0 Å². The predicted molar refractivity (Wildman–Crippen MR) is 65.1 cm³/mol. The molecule has 0 radical (unpaired) electrons. The van der Waals surface area contributed by atoms with Gasteiger partial charge in [0.2, 0.25) is 0 Å². The van der Waals surface area contributed by atoms with Gasteiger partial charge in [0, 0.05) is 24.2 Å². The quantitative estimate of drug-likeness (QED) is 0.723. The van der Waals surface area contributed by atoms with Crippen molar-refractivity contribution in [3.63, 3.8) is 0 Å². The third-order valence-corrected chi connectivity index (χ3v) is 3.22. The normalized spacial score (nSPS) is 12.7. The average molecular weight is 225 g/mol. The minimum atomic E-state index is 0.581. The van der Waals surface area contributed by atoms with Crippen LogP contribution in [0, 0.1) is 0 Å². The Hall–Kier alpha value is -0.610. The molecule has 0 bridgehead atoms. The smallest absolute Gasteiger partial charge is 0.114 e. The van der Waals surface area contributed by atoms with Crippen LogP contribution < -0.4 is 5.32 Å². The molecule has 0 aliphatic heterocycles. The van der Waals surface area contributed by atoms with Gasteiger partial charge in [0.1, 0.15) is 5.03 Å². The molecule has 1 atom stereocenters. The summed E-state index contributed by atoms with van der Waals surface area (Å²) in [7, 11) is 0. The maximum Gasteiger partial charge on any atom is 0.114 e. The standard InChI is InChI=1S/C11H19N3S/c1-3-5-13-10(4-2)9-15-11-8-12-6-7-14-11/h6-8,10,13H,3-5,9H2,1-2H3. The Balaban J connectivity index is 2.28. The van der Waals surface area contributed by atoms with Gasteiger partial charge in [-0.1, -0.05) is 13.8 Å². The number of aromatic nitrogens is 2. The van der Waals surface area contributed by atoms with Crippen molar-refractivity contribution in [2.75, 3.05) is 12.3 Å². The topological polar surface area (TPSA) is 37.8 Å². The second-order valence-corrected chi connectivity index (χ2v) is 4.45. The molecule has 1 unspecified atom stereocenters. The first-order chi connectivity index (χ1) is 7.36. The Kier molecular flexibility index (Phi) is 6.36. The summed E-state index contributed by atoms with van der Waals surface area (Å²) in [6.45, 7) is 5.50. The Morgan fingerprint density at radius 1 is 1.40 bits per heavy atom. The third-order valence-electron chi connectivity index (χ3n) is 2.15. The van der Waals surface area contributed by atoms with Crippen LogP contribution >= 0.6 is 11.8 Å². The summed E-state index contributed by atoms with van der Waals surface area (Å²) >= 11 is 1.77. The predicted octanol–water partition coefficient (Wildman–Crippen LogP) is 2.35. The SMILES string of the molecule is CCCNC(CC)CSc1cnccn1. The number of thioether (sulfide) groups is 1. The lowest BCUT2D eigenvalue weighted by Gasteiger charge is -2.15. The van der Waals surface area contributed by atoms with Crippen LogP contribution in [0.25, 0.3) is 0 Å². The van der Waals surface area contributed by atoms with E-state index in [4.69, 9.17) is 0 Å². The molecule has 1 heterocycles. The molecule has 0 aromatic carbocycles. The molecule has 1 aromatic rings. The minimum Gasteiger partial charge on any atom is -0.313 e. The van der Waals surface area contributed by atoms with E-state index in [-0.39, 0.29) is 0 Å². The molecule has 0 saturated heterocycles. The van der Waals surface area contributed by atoms with Gasteiger partial charge in [-0.15, -0.1) is 11.8 Å². The summed E-state index contributed by atoms with van der Waals surface area (Å²) in [5.74, 6) is 1.06. The van der Waals surface area contributed by atoms with Gasteiger partial charge in [-0.3, -0.25) is 4.98 Å². The van der Waals surface area contributed by atoms with Crippen molar-refractivity contribution >= 4 is 11.8 Å². The van der Waals surface area contributed by atoms with Gasteiger partial charge in [0.15, 0.2) is 0 Å². The van der Waals surface area contributed by atoms with Crippen LogP contribution in [0.1, 0.15) is 26.7 Å². The van der Waals surface area contributed by atoms with Crippen LogP contribution in [0.2, 0.25) is 0 Å². The van der Waals surface area contributed by atoms with Gasteiger partial charge >= 0.3 is 0 Å². The summed E-state index contributed by atoms with van der Waals surface area (Å²) in [6, 6.07) is 0.581. The third kappa shape index (κ3) is 5.14. The summed E-state index contributed by atoms with van der Waals surface area (Å²) in [4.78, 5) is 8.28. The van der Waals surface area contributed by atoms with E-state index in [0.717, 1.165) is 23.7 Å². The second-order valence-electron chi connectivity index (χ2n) is 3.41. The molecule has 1 aromatic heterocycles. The zero-order valence-electron chi connectivity index (χ0n) is 9.44. The highest BCUT2D eigenvalue weighted by molar-refractivity contribution is 7.99. The maximum atomic E-state index is 4.24. The van der Waals surface area contributed by atoms with Crippen molar-refractivity contribution in [3.05, 3.63) is 18.6 Å². The van der Waals surface area contributed by atoms with Crippen LogP contribution in [0.4, 0.5) is 0 Å². The van der Waals surface area contributed by atoms with Crippen molar-refractivity contribution in [1.82, 2.24) is 15.3 Å². The zero-order chi connectivity index (χ0) is 10.9. The number of hydrogen-bond donors (Lipinski definition) is 1. The lowest BCUT2D eigenvalue weighted by atomic mass is 10.2. The largest absolute Gasteiger partial charge is 0.313 e. The highest BCUT2D eigenvalue weighted by atomic mass is 32.2. The lowest BCUT2D eigenvalue weighted by molar-refractivity contribution is 0.539. The van der Waals surface area contributed by atoms with E-state index in [1.165, 1.54) is 6.42 Å². The lowest BCUT2D eigenvalue weighted by Crippen LogP contribution is -2.31. The Morgan fingerprint density at radius 3 is 2.87 bits per heavy atom. The van der Waals surface area contributed by atoms with Crippen LogP contribution in [0.3, 0.4) is 0 Å². The molecule has 84 valence electrons. The summed E-state index contributed by atoms with van der Waals surface area (Å²) in [5.41, 5.74) is 0. The molecule has 0 aliphatic rings. The van der Waals surface area contributed by atoms with Gasteiger partial charge < -0.3 is 5.32 Å². The van der Waals surface area contributed by atoms with E-state index in [1.807, 2.05) is 6.20 Å². The van der Waals surface area contributed by atoms with Crippen molar-refractivity contribution in [2.24, 2.45) is 0 Å². The van der Waals surface area contributed by atoms with Gasteiger partial charge in [-0.2, -0.15) is 0 Å². The molecule has 0 fully saturated rings. The van der Waals surface area contributed by atoms with E-state index >= 15 is 0 Å². The molecule has 1 rings (SSSR count). The molecule has 0 aliphatic carbocycles. The number of hydrogen-bond acceptors (Lipinski definition) is 4. The van der Waals surface area contributed by atoms with E-state index in [2.05, 4.69) is 29.1 Å². The van der Waals surface area contributed by atoms with Gasteiger partial charge in [-0.25, -0.2) is 4.98 Å². The molecular weight excluding hydrogens is 206 g/mol. The minimum absolute atomic E-state index is 0.581. The van der Waals surface area contributed by atoms with Gasteiger partial charge in [0.05, 0.1) is 6.20 Å². The first-order valence-corrected chi connectivity index (χ1v) is 6.47. The molecule has 1 N–H and O–H groups in total. The summed E-state index contributed by atoms with van der Waals surface area (Å²) < 4.78 is 0. The first-order valence-electron chi connectivity index (χ1n) is 5.49. The molecule has 4 heteroatoms. The van der Waals surface area contributed by atoms with E-state index < -0.39 is 0 Å². The average Bonchev–Trinajstić information content (AvgIpc) is 2.31. The molecule has 0 saturated carbocycles. The highest BCUT2D eigenvalue weighted by Gasteiger charge is 2.05. The number of rotatable bonds is 7. The first kappa shape index (κ1) is 12.5. The maximum absolute atomic E-state index is 4.24. The van der Waals surface area contributed by atoms with Gasteiger partial charge in [-0.05, 0) is 19.4 Å². The molecule has 0 spiro atoms. The summed E-state index contributed by atoms with van der Waals surface area (Å²) in [5, 5.41) is 4.53. The van der Waals surface area contributed by atoms with E-state index in [9.17, 15) is 0 Å². The Morgan fingerprint density at radius 2 is 2.27 bits per heavy atom. The zero-order valence-corrected chi connectivity index (χ0v) is 10.3. The Bertz CT molecular complexity index is 253. The van der Waals surface area contributed by atoms with Crippen molar-refractivity contribution in [1.29, 1.82) is 0 Å². The molecule has 3 nitrogen and oxygen atoms in total. The molecule has 15 heavy (non-hydrogen) atoms. The monoisotopic (exact) mass is 225 g/mol. The van der Waals surface area contributed by atoms with Gasteiger partial charge in [0.25, 0.3) is 0 Å². The number of nitrogens with one attached hydrogen (secondary N) is 1. The highest BCUT2D eigenvalue weighted by Crippen LogP contribution is 2.15.